The number of rotatable bonds is 9. The molecule has 0 heterocycles. The molecule has 0 aliphatic heterocycles. The number of hydrogen-bond acceptors (Lipinski definition) is 3. The van der Waals surface area contributed by atoms with Gasteiger partial charge in [0.2, 0.25) is 5.91 Å². The van der Waals surface area contributed by atoms with Gasteiger partial charge >= 0.3 is 0 Å². The second kappa shape index (κ2) is 9.97. The third kappa shape index (κ3) is 9.04. The molecular formula is C12H26N2OS. The molecule has 0 bridgehead atoms. The largest absolute Gasteiger partial charge is 0.349 e. The van der Waals surface area contributed by atoms with E-state index in [1.165, 1.54) is 17.9 Å². The van der Waals surface area contributed by atoms with E-state index in [1.807, 2.05) is 11.8 Å². The summed E-state index contributed by atoms with van der Waals surface area (Å²) in [5, 5.41) is 3.45. The predicted molar refractivity (Wildman–Crippen MR) is 73.0 cm³/mol. The second-order valence-corrected chi connectivity index (χ2v) is 5.63. The van der Waals surface area contributed by atoms with Gasteiger partial charge in [0.1, 0.15) is 0 Å². The van der Waals surface area contributed by atoms with E-state index in [0.717, 1.165) is 13.0 Å². The zero-order valence-corrected chi connectivity index (χ0v) is 11.9. The Morgan fingerprint density at radius 1 is 1.44 bits per heavy atom. The standard InChI is InChI=1S/C12H26N2OS/c1-5-16-10-8-11(2)13-9-6-7-12(15)14(3)4/h11,13H,5-10H2,1-4H3. The van der Waals surface area contributed by atoms with Crippen LogP contribution in [0.4, 0.5) is 0 Å². The van der Waals surface area contributed by atoms with Gasteiger partial charge in [0, 0.05) is 26.6 Å². The molecule has 0 radical (unpaired) electrons. The van der Waals surface area contributed by atoms with Crippen molar-refractivity contribution in [2.45, 2.75) is 39.2 Å². The minimum absolute atomic E-state index is 0.219. The Morgan fingerprint density at radius 3 is 2.69 bits per heavy atom. The first kappa shape index (κ1) is 15.8. The molecule has 16 heavy (non-hydrogen) atoms. The van der Waals surface area contributed by atoms with Crippen molar-refractivity contribution in [2.75, 3.05) is 32.1 Å². The van der Waals surface area contributed by atoms with Gasteiger partial charge in [0.15, 0.2) is 0 Å². The van der Waals surface area contributed by atoms with Gasteiger partial charge in [0.05, 0.1) is 0 Å². The summed E-state index contributed by atoms with van der Waals surface area (Å²) < 4.78 is 0. The molecule has 1 N–H and O–H groups in total. The van der Waals surface area contributed by atoms with E-state index >= 15 is 0 Å². The predicted octanol–water partition coefficient (Wildman–Crippen LogP) is 1.98. The first-order valence-corrected chi connectivity index (χ1v) is 7.24. The summed E-state index contributed by atoms with van der Waals surface area (Å²) >= 11 is 1.98. The lowest BCUT2D eigenvalue weighted by molar-refractivity contribution is -0.128. The van der Waals surface area contributed by atoms with Crippen LogP contribution in [0, 0.1) is 0 Å². The van der Waals surface area contributed by atoms with Crippen molar-refractivity contribution in [3.05, 3.63) is 0 Å². The molecule has 0 aromatic rings. The zero-order valence-electron chi connectivity index (χ0n) is 11.1. The van der Waals surface area contributed by atoms with Gasteiger partial charge < -0.3 is 10.2 Å². The summed E-state index contributed by atoms with van der Waals surface area (Å²) in [5.74, 6) is 2.64. The average Bonchev–Trinajstić information content (AvgIpc) is 2.24. The highest BCUT2D eigenvalue weighted by atomic mass is 32.2. The highest BCUT2D eigenvalue weighted by Crippen LogP contribution is 2.03. The van der Waals surface area contributed by atoms with E-state index in [0.29, 0.717) is 12.5 Å². The molecule has 0 aromatic carbocycles. The van der Waals surface area contributed by atoms with Crippen molar-refractivity contribution < 1.29 is 4.79 Å². The summed E-state index contributed by atoms with van der Waals surface area (Å²) in [7, 11) is 3.61. The summed E-state index contributed by atoms with van der Waals surface area (Å²) in [6.45, 7) is 5.34. The maximum Gasteiger partial charge on any atom is 0.222 e. The van der Waals surface area contributed by atoms with E-state index in [-0.39, 0.29) is 5.91 Å². The van der Waals surface area contributed by atoms with Crippen molar-refractivity contribution in [2.24, 2.45) is 0 Å². The lowest BCUT2D eigenvalue weighted by atomic mass is 10.2. The summed E-state index contributed by atoms with van der Waals surface area (Å²) in [4.78, 5) is 12.9. The molecule has 0 aliphatic carbocycles. The number of hydrogen-bond donors (Lipinski definition) is 1. The first-order chi connectivity index (χ1) is 7.57. The highest BCUT2D eigenvalue weighted by molar-refractivity contribution is 7.99. The van der Waals surface area contributed by atoms with Crippen molar-refractivity contribution in [1.82, 2.24) is 10.2 Å². The van der Waals surface area contributed by atoms with Gasteiger partial charge in [-0.25, -0.2) is 0 Å². The molecule has 0 rings (SSSR count). The van der Waals surface area contributed by atoms with Gasteiger partial charge in [0.25, 0.3) is 0 Å². The van der Waals surface area contributed by atoms with Crippen molar-refractivity contribution in [3.63, 3.8) is 0 Å². The van der Waals surface area contributed by atoms with Crippen LogP contribution in [-0.4, -0.2) is 49.0 Å². The van der Waals surface area contributed by atoms with E-state index in [1.54, 1.807) is 19.0 Å². The van der Waals surface area contributed by atoms with Crippen molar-refractivity contribution in [3.8, 4) is 0 Å². The molecule has 4 heteroatoms. The van der Waals surface area contributed by atoms with E-state index in [9.17, 15) is 4.79 Å². The molecule has 96 valence electrons. The van der Waals surface area contributed by atoms with Gasteiger partial charge in [-0.3, -0.25) is 4.79 Å². The number of amides is 1. The molecule has 0 fully saturated rings. The normalized spacial score (nSPS) is 12.5. The van der Waals surface area contributed by atoms with Crippen LogP contribution in [-0.2, 0) is 4.79 Å². The summed E-state index contributed by atoms with van der Waals surface area (Å²) in [5.41, 5.74) is 0. The molecule has 0 spiro atoms. The maximum absolute atomic E-state index is 11.3. The van der Waals surface area contributed by atoms with E-state index in [2.05, 4.69) is 19.2 Å². The smallest absolute Gasteiger partial charge is 0.222 e. The lowest BCUT2D eigenvalue weighted by Gasteiger charge is -2.14. The van der Waals surface area contributed by atoms with Gasteiger partial charge in [-0.05, 0) is 37.8 Å². The number of carbonyl (C=O) groups is 1. The Balaban J connectivity index is 3.33. The number of thioether (sulfide) groups is 1. The van der Waals surface area contributed by atoms with Crippen LogP contribution in [0.3, 0.4) is 0 Å². The number of nitrogens with one attached hydrogen (secondary N) is 1. The fourth-order valence-electron chi connectivity index (χ4n) is 1.32. The Kier molecular flexibility index (Phi) is 9.83. The van der Waals surface area contributed by atoms with E-state index in [4.69, 9.17) is 0 Å². The summed E-state index contributed by atoms with van der Waals surface area (Å²) in [6, 6.07) is 0.563. The highest BCUT2D eigenvalue weighted by Gasteiger charge is 2.04. The Labute approximate surface area is 104 Å². The zero-order chi connectivity index (χ0) is 12.4. The van der Waals surface area contributed by atoms with Crippen molar-refractivity contribution >= 4 is 17.7 Å². The Hall–Kier alpha value is -0.220. The molecule has 3 nitrogen and oxygen atoms in total. The monoisotopic (exact) mass is 246 g/mol. The van der Waals surface area contributed by atoms with Crippen LogP contribution in [0.5, 0.6) is 0 Å². The topological polar surface area (TPSA) is 32.3 Å². The van der Waals surface area contributed by atoms with Crippen LogP contribution in [0.1, 0.15) is 33.1 Å². The molecule has 1 amide bonds. The first-order valence-electron chi connectivity index (χ1n) is 6.09. The second-order valence-electron chi connectivity index (χ2n) is 4.23. The summed E-state index contributed by atoms with van der Waals surface area (Å²) in [6.07, 6.45) is 2.79. The molecule has 0 saturated heterocycles. The minimum atomic E-state index is 0.219. The lowest BCUT2D eigenvalue weighted by Crippen LogP contribution is -2.29. The number of nitrogens with zero attached hydrogens (tertiary/aromatic N) is 1. The fraction of sp³-hybridized carbons (Fsp3) is 0.917. The van der Waals surface area contributed by atoms with Gasteiger partial charge in [-0.2, -0.15) is 11.8 Å². The van der Waals surface area contributed by atoms with Gasteiger partial charge in [-0.15, -0.1) is 0 Å². The van der Waals surface area contributed by atoms with Gasteiger partial charge in [-0.1, -0.05) is 6.92 Å². The minimum Gasteiger partial charge on any atom is -0.349 e. The molecular weight excluding hydrogens is 220 g/mol. The SMILES string of the molecule is CCSCCC(C)NCCCC(=O)N(C)C. The average molecular weight is 246 g/mol. The molecule has 1 unspecified atom stereocenters. The Morgan fingerprint density at radius 2 is 2.12 bits per heavy atom. The van der Waals surface area contributed by atoms with Crippen molar-refractivity contribution in [1.29, 1.82) is 0 Å². The van der Waals surface area contributed by atoms with Crippen LogP contribution in [0.15, 0.2) is 0 Å². The number of carbonyl (C=O) groups excluding carboxylic acids is 1. The molecule has 0 saturated carbocycles. The third-order valence-corrected chi connectivity index (χ3v) is 3.39. The van der Waals surface area contributed by atoms with Crippen LogP contribution < -0.4 is 5.32 Å². The van der Waals surface area contributed by atoms with Crippen LogP contribution >= 0.6 is 11.8 Å². The molecule has 0 aliphatic rings. The maximum atomic E-state index is 11.3. The van der Waals surface area contributed by atoms with E-state index < -0.39 is 0 Å². The molecule has 0 aromatic heterocycles. The quantitative estimate of drug-likeness (QED) is 0.631. The fourth-order valence-corrected chi connectivity index (χ4v) is 2.13. The Bertz CT molecular complexity index is 186. The molecule has 1 atom stereocenters. The van der Waals surface area contributed by atoms with Crippen LogP contribution in [0.2, 0.25) is 0 Å². The third-order valence-electron chi connectivity index (χ3n) is 2.46. The van der Waals surface area contributed by atoms with Crippen LogP contribution in [0.25, 0.3) is 0 Å².